The predicted octanol–water partition coefficient (Wildman–Crippen LogP) is -18.3. The molecular formula is H29ClNa3O16P. The van der Waals surface area contributed by atoms with E-state index in [9.17, 15) is 4.57 Å². The normalized spacial score (nSPS) is 3.38. The Hall–Kier alpha value is 2.92. The second kappa shape index (κ2) is 112. The van der Waals surface area contributed by atoms with Gasteiger partial charge in [-0.1, -0.05) is 0 Å². The summed E-state index contributed by atoms with van der Waals surface area (Å²) in [6.45, 7) is 0. The van der Waals surface area contributed by atoms with Crippen LogP contribution in [0.2, 0.25) is 0 Å². The van der Waals surface area contributed by atoms with Gasteiger partial charge in [0.15, 0.2) is 0 Å². The molecule has 0 amide bonds. The largest absolute Gasteiger partial charge is 1.00 e. The van der Waals surface area contributed by atoms with Crippen LogP contribution >= 0.6 is 19.7 Å². The van der Waals surface area contributed by atoms with Crippen LogP contribution in [0.4, 0.5) is 0 Å². The minimum atomic E-state index is -4.38. The summed E-state index contributed by atoms with van der Waals surface area (Å²) in [5.41, 5.74) is 0. The minimum absolute atomic E-state index is 0. The van der Waals surface area contributed by atoms with Gasteiger partial charge in [0.1, 0.15) is 0 Å². The molecule has 0 radical (unpaired) electrons. The van der Waals surface area contributed by atoms with Crippen molar-refractivity contribution in [2.24, 2.45) is 0 Å². The summed E-state index contributed by atoms with van der Waals surface area (Å²) in [5.74, 6) is 0. The molecule has 0 bridgehead atoms. The first-order valence-corrected chi connectivity index (χ1v) is 2.76. The third kappa shape index (κ3) is 286. The SMILES string of the molecule is O.O.O.O.O.O.O.O.O.O.O.O.O=P(O)(O)OCl.[H-].[H-].[H-].[Na+].[Na+].[Na+]. The molecule has 0 unspecified atom stereocenters. The van der Waals surface area contributed by atoms with E-state index in [2.05, 4.69) is 15.9 Å². The van der Waals surface area contributed by atoms with Crippen LogP contribution in [0.1, 0.15) is 4.28 Å². The Balaban J connectivity index is -0.000000000817. The van der Waals surface area contributed by atoms with Crippen molar-refractivity contribution < 1.29 is 177 Å². The van der Waals surface area contributed by atoms with Crippen LogP contribution in [0, 0.1) is 0 Å². The Morgan fingerprint density at radius 1 is 0.619 bits per heavy atom. The predicted molar refractivity (Wildman–Crippen MR) is 65.7 cm³/mol. The molecule has 0 atom stereocenters. The monoisotopic (exact) mass is 420 g/mol. The quantitative estimate of drug-likeness (QED) is 0.307. The van der Waals surface area contributed by atoms with Gasteiger partial charge in [-0.05, 0) is 0 Å². The molecule has 26 N–H and O–H groups in total. The zero-order valence-electron chi connectivity index (χ0n) is 14.5. The van der Waals surface area contributed by atoms with Crippen molar-refractivity contribution in [3.05, 3.63) is 0 Å². The third-order valence-electron chi connectivity index (χ3n) is 0.0899. The van der Waals surface area contributed by atoms with E-state index in [4.69, 9.17) is 9.79 Å². The van der Waals surface area contributed by atoms with Crippen molar-refractivity contribution in [1.82, 2.24) is 0 Å². The maximum absolute atomic E-state index is 9.34. The first kappa shape index (κ1) is 200. The van der Waals surface area contributed by atoms with Gasteiger partial charge >= 0.3 is 96.5 Å². The molecular weight excluding hydrogens is 391 g/mol. The van der Waals surface area contributed by atoms with E-state index < -0.39 is 7.82 Å². The molecule has 0 saturated carbocycles. The molecule has 0 aliphatic rings. The Morgan fingerprint density at radius 3 is 0.667 bits per heavy atom. The van der Waals surface area contributed by atoms with E-state index in [1.807, 2.05) is 0 Å². The van der Waals surface area contributed by atoms with Crippen molar-refractivity contribution in [3.8, 4) is 0 Å². The molecule has 0 rings (SSSR count). The van der Waals surface area contributed by atoms with Crippen LogP contribution < -0.4 is 88.7 Å². The van der Waals surface area contributed by atoms with Crippen LogP contribution in [-0.2, 0) is 8.64 Å². The first-order valence-electron chi connectivity index (χ1n) is 0.919. The molecule has 0 aliphatic carbocycles. The van der Waals surface area contributed by atoms with Crippen LogP contribution in [0.25, 0.3) is 0 Å². The van der Waals surface area contributed by atoms with Gasteiger partial charge in [-0.3, -0.25) is 0 Å². The summed E-state index contributed by atoms with van der Waals surface area (Å²) in [4.78, 5) is 15.2. The Bertz CT molecular complexity index is 101. The van der Waals surface area contributed by atoms with Gasteiger partial charge in [0.05, 0.1) is 11.9 Å². The van der Waals surface area contributed by atoms with Gasteiger partial charge in [-0.15, -0.1) is 0 Å². The molecule has 21 heteroatoms. The molecule has 0 fully saturated rings. The first-order chi connectivity index (χ1) is 2.56. The summed E-state index contributed by atoms with van der Waals surface area (Å²) < 4.78 is 12.4. The Kier molecular flexibility index (Phi) is 1070. The average Bonchev–Trinajstić information content (AvgIpc) is 1.35. The summed E-state index contributed by atoms with van der Waals surface area (Å²) in [6.07, 6.45) is 0. The van der Waals surface area contributed by atoms with Gasteiger partial charge in [0, 0.05) is 0 Å². The number of hydrogen-bond acceptors (Lipinski definition) is 2. The van der Waals surface area contributed by atoms with Crippen molar-refractivity contribution in [2.75, 3.05) is 0 Å². The van der Waals surface area contributed by atoms with E-state index in [0.717, 1.165) is 0 Å². The Labute approximate surface area is 195 Å². The number of rotatable bonds is 1. The fourth-order valence-corrected chi connectivity index (χ4v) is 0. The topological polar surface area (TPSA) is 445 Å². The Morgan fingerprint density at radius 2 is 0.667 bits per heavy atom. The standard InChI is InChI=1S/ClH2O4P.3Na.12H2O.3H/c1-5-6(2,3)4;;;;;;;;;;;;;;;;;;/h(H2,2,3,4);;;;12*1H2;;;/q;3*+1;;;;;;;;;;;;;3*-1. The third-order valence-corrected chi connectivity index (χ3v) is 0.809. The van der Waals surface area contributed by atoms with E-state index in [1.165, 1.54) is 0 Å². The molecule has 21 heavy (non-hydrogen) atoms. The van der Waals surface area contributed by atoms with E-state index >= 15 is 0 Å². The number of halogens is 1. The average molecular weight is 421 g/mol. The summed E-state index contributed by atoms with van der Waals surface area (Å²) >= 11 is 4.21. The molecule has 0 spiro atoms. The maximum atomic E-state index is 9.34. The van der Waals surface area contributed by atoms with Crippen molar-refractivity contribution in [1.29, 1.82) is 0 Å². The van der Waals surface area contributed by atoms with Crippen LogP contribution in [0.15, 0.2) is 0 Å². The molecule has 0 aromatic heterocycles. The van der Waals surface area contributed by atoms with E-state index in [-0.39, 0.29) is 159 Å². The molecule has 0 heterocycles. The fourth-order valence-electron chi connectivity index (χ4n) is 0. The van der Waals surface area contributed by atoms with E-state index in [1.54, 1.807) is 0 Å². The van der Waals surface area contributed by atoms with Gasteiger partial charge in [0.2, 0.25) is 0 Å². The van der Waals surface area contributed by atoms with Gasteiger partial charge in [-0.25, -0.2) is 4.57 Å². The molecule has 140 valence electrons. The summed E-state index contributed by atoms with van der Waals surface area (Å²) in [6, 6.07) is 0. The van der Waals surface area contributed by atoms with E-state index in [0.29, 0.717) is 0 Å². The number of hydrogen-bond donors (Lipinski definition) is 2. The zero-order chi connectivity index (χ0) is 5.21. The number of phosphoric acid groups is 1. The second-order valence-electron chi connectivity index (χ2n) is 0.560. The molecule has 0 aliphatic heterocycles. The summed E-state index contributed by atoms with van der Waals surface area (Å²) in [7, 11) is -4.38. The smallest absolute Gasteiger partial charge is 1.00 e. The van der Waals surface area contributed by atoms with Crippen molar-refractivity contribution >= 4 is 19.7 Å². The molecule has 0 aromatic rings. The minimum Gasteiger partial charge on any atom is -1.00 e. The zero-order valence-corrected chi connectivity index (χ0v) is 19.2. The maximum Gasteiger partial charge on any atom is 1.00 e. The molecule has 0 saturated heterocycles. The van der Waals surface area contributed by atoms with Crippen LogP contribution in [-0.4, -0.2) is 75.5 Å². The second-order valence-corrected chi connectivity index (χ2v) is 2.09. The molecule has 16 nitrogen and oxygen atoms in total. The van der Waals surface area contributed by atoms with Crippen molar-refractivity contribution in [2.45, 2.75) is 0 Å². The van der Waals surface area contributed by atoms with Crippen LogP contribution in [0.3, 0.4) is 0 Å². The van der Waals surface area contributed by atoms with Gasteiger partial charge < -0.3 is 79.8 Å². The molecule has 0 aromatic carbocycles. The fraction of sp³-hybridized carbons (Fsp3) is 0. The van der Waals surface area contributed by atoms with Crippen LogP contribution in [0.5, 0.6) is 0 Å². The van der Waals surface area contributed by atoms with Gasteiger partial charge in [0.25, 0.3) is 0 Å². The van der Waals surface area contributed by atoms with Crippen molar-refractivity contribution in [3.63, 3.8) is 0 Å². The van der Waals surface area contributed by atoms with Gasteiger partial charge in [-0.2, -0.15) is 4.08 Å². The summed E-state index contributed by atoms with van der Waals surface area (Å²) in [5, 5.41) is 0.